The molecule has 2 amide bonds. The van der Waals surface area contributed by atoms with Gasteiger partial charge in [0.15, 0.2) is 0 Å². The Morgan fingerprint density at radius 1 is 0.884 bits per heavy atom. The van der Waals surface area contributed by atoms with Gasteiger partial charge in [0.25, 0.3) is 5.91 Å². The first-order valence-corrected chi connectivity index (χ1v) is 13.5. The Morgan fingerprint density at radius 3 is 2.37 bits per heavy atom. The van der Waals surface area contributed by atoms with Crippen molar-refractivity contribution in [2.24, 2.45) is 0 Å². The Balaban J connectivity index is 0.00000423. The Labute approximate surface area is 247 Å². The van der Waals surface area contributed by atoms with E-state index in [0.29, 0.717) is 29.2 Å². The van der Waals surface area contributed by atoms with Crippen LogP contribution in [0.3, 0.4) is 0 Å². The van der Waals surface area contributed by atoms with Crippen molar-refractivity contribution >= 4 is 34.1 Å². The maximum Gasteiger partial charge on any atom is 0.416 e. The van der Waals surface area contributed by atoms with Gasteiger partial charge in [-0.1, -0.05) is 19.6 Å². The third-order valence-electron chi connectivity index (χ3n) is 6.71. The number of alkyl halides is 3. The average molecular weight is 595 g/mol. The number of nitrogens with one attached hydrogen (secondary N) is 2. The van der Waals surface area contributed by atoms with Crippen LogP contribution in [0.25, 0.3) is 10.8 Å². The second-order valence-electron chi connectivity index (χ2n) is 9.98. The minimum absolute atomic E-state index is 0. The summed E-state index contributed by atoms with van der Waals surface area (Å²) < 4.78 is 52.4. The summed E-state index contributed by atoms with van der Waals surface area (Å²) in [4.78, 5) is 30.7. The smallest absolute Gasteiger partial charge is 0.416 e. The summed E-state index contributed by atoms with van der Waals surface area (Å²) in [6, 6.07) is 16.7. The minimum atomic E-state index is -4.61. The van der Waals surface area contributed by atoms with Crippen LogP contribution in [0, 0.1) is 0 Å². The second kappa shape index (κ2) is 13.6. The fraction of sp³-hybridized carbons (Fsp3) is 0.281. The van der Waals surface area contributed by atoms with Crippen molar-refractivity contribution in [1.82, 2.24) is 9.88 Å². The van der Waals surface area contributed by atoms with Crippen LogP contribution in [0.15, 0.2) is 72.9 Å². The zero-order valence-electron chi connectivity index (χ0n) is 22.8. The molecule has 1 aromatic heterocycles. The van der Waals surface area contributed by atoms with Gasteiger partial charge in [-0.15, -0.1) is 0 Å². The molecule has 0 radical (unpaired) electrons. The molecule has 5 rings (SSSR count). The van der Waals surface area contributed by atoms with E-state index >= 15 is 0 Å². The van der Waals surface area contributed by atoms with Crippen LogP contribution < -0.4 is 20.1 Å². The van der Waals surface area contributed by atoms with Crippen LogP contribution in [-0.2, 0) is 11.0 Å². The van der Waals surface area contributed by atoms with Crippen molar-refractivity contribution in [3.8, 4) is 17.2 Å². The molecule has 4 aromatic rings. The summed E-state index contributed by atoms with van der Waals surface area (Å²) in [6.45, 7) is 4.16. The number of nitrogens with zero attached hydrogens (tertiary/aromatic N) is 2. The highest BCUT2D eigenvalue weighted by Crippen LogP contribution is 2.35. The number of benzene rings is 3. The standard InChI is InChI=1S/C31H29F3N4O4.CH4/c1-20(39)36-29-19-27(8-9-35-29)42-26-7-6-21-4-5-22(14-23(21)15-26)30(40)37-25-16-24(31(32,33)34)17-28(18-25)41-13-12-38-10-2-3-11-38;/h4-9,14-19H,2-3,10-13H2,1H3,(H,37,40)(H,35,36,39);1H4. The first-order chi connectivity index (χ1) is 20.1. The number of rotatable bonds is 9. The highest BCUT2D eigenvalue weighted by atomic mass is 19.4. The average Bonchev–Trinajstić information content (AvgIpc) is 3.45. The van der Waals surface area contributed by atoms with Crippen LogP contribution in [0.4, 0.5) is 24.7 Å². The molecule has 0 saturated carbocycles. The predicted molar refractivity (Wildman–Crippen MR) is 160 cm³/mol. The summed E-state index contributed by atoms with van der Waals surface area (Å²) in [5.74, 6) is 0.479. The molecule has 11 heteroatoms. The van der Waals surface area contributed by atoms with Crippen LogP contribution >= 0.6 is 0 Å². The lowest BCUT2D eigenvalue weighted by Crippen LogP contribution is -2.25. The SMILES string of the molecule is C.CC(=O)Nc1cc(Oc2ccc3ccc(C(=O)Nc4cc(OCCN5CCCC5)cc(C(F)(F)F)c4)cc3c2)ccn1. The number of hydrogen-bond donors (Lipinski definition) is 2. The molecule has 2 N–H and O–H groups in total. The third kappa shape index (κ3) is 8.45. The molecule has 0 spiro atoms. The largest absolute Gasteiger partial charge is 0.492 e. The summed E-state index contributed by atoms with van der Waals surface area (Å²) >= 11 is 0. The summed E-state index contributed by atoms with van der Waals surface area (Å²) in [6.07, 6.45) is -0.893. The van der Waals surface area contributed by atoms with Gasteiger partial charge in [0, 0.05) is 43.0 Å². The molecule has 0 bridgehead atoms. The number of ether oxygens (including phenoxy) is 2. The lowest BCUT2D eigenvalue weighted by Gasteiger charge is -2.17. The van der Waals surface area contributed by atoms with Gasteiger partial charge in [0.2, 0.25) is 5.91 Å². The van der Waals surface area contributed by atoms with Crippen LogP contribution in [-0.4, -0.2) is 47.9 Å². The van der Waals surface area contributed by atoms with Crippen LogP contribution in [0.1, 0.15) is 43.1 Å². The van der Waals surface area contributed by atoms with Crippen molar-refractivity contribution in [3.05, 3.63) is 84.1 Å². The van der Waals surface area contributed by atoms with Gasteiger partial charge in [-0.2, -0.15) is 13.2 Å². The molecule has 1 saturated heterocycles. The lowest BCUT2D eigenvalue weighted by atomic mass is 10.1. The van der Waals surface area contributed by atoms with Crippen molar-refractivity contribution in [2.45, 2.75) is 33.4 Å². The summed E-state index contributed by atoms with van der Waals surface area (Å²) in [5.41, 5.74) is -0.671. The number of hydrogen-bond acceptors (Lipinski definition) is 6. The van der Waals surface area contributed by atoms with E-state index in [1.165, 1.54) is 19.2 Å². The number of fused-ring (bicyclic) bond motifs is 1. The molecule has 0 atom stereocenters. The predicted octanol–water partition coefficient (Wildman–Crippen LogP) is 7.37. The van der Waals surface area contributed by atoms with E-state index in [4.69, 9.17) is 9.47 Å². The Bertz CT molecular complexity index is 1600. The van der Waals surface area contributed by atoms with Gasteiger partial charge in [0.1, 0.15) is 29.7 Å². The molecule has 2 heterocycles. The van der Waals surface area contributed by atoms with E-state index in [1.54, 1.807) is 42.5 Å². The first kappa shape index (κ1) is 31.3. The van der Waals surface area contributed by atoms with Gasteiger partial charge in [-0.05, 0) is 79.2 Å². The minimum Gasteiger partial charge on any atom is -0.492 e. The van der Waals surface area contributed by atoms with E-state index in [1.807, 2.05) is 6.07 Å². The lowest BCUT2D eigenvalue weighted by molar-refractivity contribution is -0.137. The number of likely N-dealkylation sites (tertiary alicyclic amines) is 1. The molecular weight excluding hydrogens is 561 g/mol. The van der Waals surface area contributed by atoms with E-state index in [-0.39, 0.29) is 36.9 Å². The normalized spacial score (nSPS) is 13.3. The maximum absolute atomic E-state index is 13.6. The highest BCUT2D eigenvalue weighted by molar-refractivity contribution is 6.06. The van der Waals surface area contributed by atoms with E-state index in [9.17, 15) is 22.8 Å². The topological polar surface area (TPSA) is 92.8 Å². The number of aromatic nitrogens is 1. The Morgan fingerprint density at radius 2 is 1.63 bits per heavy atom. The van der Waals surface area contributed by atoms with Gasteiger partial charge in [-0.3, -0.25) is 14.5 Å². The molecule has 1 fully saturated rings. The summed E-state index contributed by atoms with van der Waals surface area (Å²) in [7, 11) is 0. The van der Waals surface area contributed by atoms with E-state index in [2.05, 4.69) is 20.5 Å². The number of amides is 2. The zero-order chi connectivity index (χ0) is 29.7. The van der Waals surface area contributed by atoms with Crippen molar-refractivity contribution < 1.29 is 32.2 Å². The molecular formula is C32H33F3N4O4. The molecule has 3 aromatic carbocycles. The van der Waals surface area contributed by atoms with Crippen molar-refractivity contribution in [1.29, 1.82) is 0 Å². The van der Waals surface area contributed by atoms with Crippen LogP contribution in [0.5, 0.6) is 17.2 Å². The molecule has 0 aliphatic carbocycles. The van der Waals surface area contributed by atoms with Gasteiger partial charge >= 0.3 is 6.18 Å². The summed E-state index contributed by atoms with van der Waals surface area (Å²) in [5, 5.41) is 6.69. The van der Waals surface area contributed by atoms with Gasteiger partial charge in [-0.25, -0.2) is 4.98 Å². The van der Waals surface area contributed by atoms with Crippen molar-refractivity contribution in [2.75, 3.05) is 36.9 Å². The van der Waals surface area contributed by atoms with E-state index in [0.717, 1.165) is 43.5 Å². The molecule has 1 aliphatic rings. The monoisotopic (exact) mass is 594 g/mol. The number of carbonyl (C=O) groups is 2. The fourth-order valence-electron chi connectivity index (χ4n) is 4.71. The Kier molecular flexibility index (Phi) is 9.87. The van der Waals surface area contributed by atoms with Crippen molar-refractivity contribution in [3.63, 3.8) is 0 Å². The molecule has 226 valence electrons. The number of pyridine rings is 1. The zero-order valence-corrected chi connectivity index (χ0v) is 22.8. The third-order valence-corrected chi connectivity index (χ3v) is 6.71. The van der Waals surface area contributed by atoms with Gasteiger partial charge < -0.3 is 20.1 Å². The number of carbonyl (C=O) groups excluding carboxylic acids is 2. The highest BCUT2D eigenvalue weighted by Gasteiger charge is 2.31. The van der Waals surface area contributed by atoms with E-state index < -0.39 is 17.6 Å². The maximum atomic E-state index is 13.6. The molecule has 0 unspecified atom stereocenters. The molecule has 8 nitrogen and oxygen atoms in total. The van der Waals surface area contributed by atoms with Crippen LogP contribution in [0.2, 0.25) is 0 Å². The van der Waals surface area contributed by atoms with Gasteiger partial charge in [0.05, 0.1) is 5.56 Å². The molecule has 43 heavy (non-hydrogen) atoms. The number of halogens is 3. The fourth-order valence-corrected chi connectivity index (χ4v) is 4.71. The number of anilines is 2. The second-order valence-corrected chi connectivity index (χ2v) is 9.98. The Hall–Kier alpha value is -4.64. The molecule has 1 aliphatic heterocycles. The first-order valence-electron chi connectivity index (χ1n) is 13.5. The quantitative estimate of drug-likeness (QED) is 0.210.